The van der Waals surface area contributed by atoms with E-state index >= 15 is 0 Å². The summed E-state index contributed by atoms with van der Waals surface area (Å²) in [5.74, 6) is -3.15. The van der Waals surface area contributed by atoms with Gasteiger partial charge in [-0.25, -0.2) is 0 Å². The van der Waals surface area contributed by atoms with E-state index in [1.165, 1.54) is 13.8 Å². The molecule has 2 atom stereocenters. The summed E-state index contributed by atoms with van der Waals surface area (Å²) >= 11 is 31.3. The summed E-state index contributed by atoms with van der Waals surface area (Å²) in [6.45, 7) is 2.74. The second kappa shape index (κ2) is 10.6. The topological polar surface area (TPSA) is 80.3 Å². The smallest absolute Gasteiger partial charge is 0.547 e. The number of carboxylic acids is 2. The standard InChI is InChI=1S/2C4H5Cl3O2.Ca/c2*1-2(5)4(6,7)3(8)9;/h2*2H,1H3,(H,8,9);/q;;+2/p-2. The van der Waals surface area contributed by atoms with Crippen molar-refractivity contribution in [2.45, 2.75) is 33.3 Å². The number of carboxylic acid groups (broad SMARTS) is 2. The predicted octanol–water partition coefficient (Wildman–Crippen LogP) is 0.694. The van der Waals surface area contributed by atoms with Crippen molar-refractivity contribution in [3.63, 3.8) is 0 Å². The Morgan fingerprint density at radius 3 is 1.00 bits per heavy atom. The molecular formula is C8H8CaCl6O4. The first-order valence-corrected chi connectivity index (χ1v) is 6.63. The molecule has 0 aliphatic heterocycles. The first-order chi connectivity index (χ1) is 7.77. The van der Waals surface area contributed by atoms with Gasteiger partial charge in [0.25, 0.3) is 0 Å². The first kappa shape index (κ1) is 25.9. The molecule has 0 spiro atoms. The number of alkyl halides is 6. The third-order valence-electron chi connectivity index (χ3n) is 1.54. The van der Waals surface area contributed by atoms with Gasteiger partial charge in [0.15, 0.2) is 8.67 Å². The van der Waals surface area contributed by atoms with E-state index in [9.17, 15) is 19.8 Å². The Morgan fingerprint density at radius 2 is 1.00 bits per heavy atom. The fraction of sp³-hybridized carbons (Fsp3) is 0.750. The minimum Gasteiger partial charge on any atom is -0.547 e. The van der Waals surface area contributed by atoms with Gasteiger partial charge in [0.2, 0.25) is 0 Å². The van der Waals surface area contributed by atoms with E-state index in [-0.39, 0.29) is 37.7 Å². The monoisotopic (exact) mass is 418 g/mol. The SMILES string of the molecule is CC(Cl)C(Cl)(Cl)C(=O)[O-].CC(Cl)C(Cl)(Cl)C(=O)[O-].[Ca+2]. The van der Waals surface area contributed by atoms with Gasteiger partial charge in [0.05, 0.1) is 22.7 Å². The molecule has 108 valence electrons. The molecule has 0 aromatic heterocycles. The molecule has 0 heterocycles. The van der Waals surface area contributed by atoms with Crippen molar-refractivity contribution in [1.29, 1.82) is 0 Å². The minimum atomic E-state index is -1.98. The summed E-state index contributed by atoms with van der Waals surface area (Å²) in [7, 11) is 0. The Morgan fingerprint density at radius 1 is 0.842 bits per heavy atom. The van der Waals surface area contributed by atoms with Crippen molar-refractivity contribution in [3.8, 4) is 0 Å². The Balaban J connectivity index is -0.000000256. The van der Waals surface area contributed by atoms with Gasteiger partial charge < -0.3 is 19.8 Å². The number of hydrogen-bond donors (Lipinski definition) is 0. The van der Waals surface area contributed by atoms with Gasteiger partial charge in [0, 0.05) is 0 Å². The van der Waals surface area contributed by atoms with Crippen LogP contribution in [0.5, 0.6) is 0 Å². The predicted molar refractivity (Wildman–Crippen MR) is 75.3 cm³/mol. The molecule has 0 N–H and O–H groups in total. The van der Waals surface area contributed by atoms with Crippen molar-refractivity contribution in [1.82, 2.24) is 0 Å². The Hall–Kier alpha value is 1.94. The van der Waals surface area contributed by atoms with E-state index < -0.39 is 31.4 Å². The van der Waals surface area contributed by atoms with Crippen LogP contribution >= 0.6 is 69.6 Å². The minimum absolute atomic E-state index is 0. The molecule has 0 aliphatic carbocycles. The van der Waals surface area contributed by atoms with Crippen LogP contribution in [0.15, 0.2) is 0 Å². The average molecular weight is 421 g/mol. The van der Waals surface area contributed by atoms with Crippen LogP contribution in [-0.2, 0) is 9.59 Å². The van der Waals surface area contributed by atoms with Gasteiger partial charge >= 0.3 is 37.7 Å². The quantitative estimate of drug-likeness (QED) is 0.495. The molecule has 0 saturated carbocycles. The average Bonchev–Trinajstić information content (AvgIpc) is 2.17. The van der Waals surface area contributed by atoms with Crippen molar-refractivity contribution in [2.24, 2.45) is 0 Å². The van der Waals surface area contributed by atoms with E-state index in [0.29, 0.717) is 0 Å². The van der Waals surface area contributed by atoms with Crippen molar-refractivity contribution in [3.05, 3.63) is 0 Å². The van der Waals surface area contributed by atoms with Gasteiger partial charge in [0.1, 0.15) is 0 Å². The molecule has 0 aromatic rings. The summed E-state index contributed by atoms with van der Waals surface area (Å²) in [6.07, 6.45) is 0. The molecule has 0 fully saturated rings. The van der Waals surface area contributed by atoms with Crippen LogP contribution in [0, 0.1) is 0 Å². The molecule has 19 heavy (non-hydrogen) atoms. The number of rotatable bonds is 4. The molecule has 0 radical (unpaired) electrons. The fourth-order valence-electron chi connectivity index (χ4n) is 0.325. The normalized spacial score (nSPS) is 14.3. The number of halogens is 6. The van der Waals surface area contributed by atoms with Gasteiger partial charge in [-0.3, -0.25) is 0 Å². The van der Waals surface area contributed by atoms with E-state index in [1.807, 2.05) is 0 Å². The Bertz CT molecular complexity index is 278. The number of carbonyl (C=O) groups excluding carboxylic acids is 2. The molecule has 4 nitrogen and oxygen atoms in total. The molecule has 0 amide bonds. The zero-order valence-electron chi connectivity index (χ0n) is 9.76. The third-order valence-corrected chi connectivity index (χ3v) is 4.57. The van der Waals surface area contributed by atoms with Gasteiger partial charge in [-0.05, 0) is 13.8 Å². The van der Waals surface area contributed by atoms with Crippen LogP contribution in [0.2, 0.25) is 0 Å². The molecule has 0 aromatic carbocycles. The largest absolute Gasteiger partial charge is 2.00 e. The van der Waals surface area contributed by atoms with E-state index in [4.69, 9.17) is 69.6 Å². The van der Waals surface area contributed by atoms with Crippen LogP contribution in [0.4, 0.5) is 0 Å². The number of carbonyl (C=O) groups is 2. The van der Waals surface area contributed by atoms with Gasteiger partial charge in [-0.1, -0.05) is 46.4 Å². The molecule has 0 bridgehead atoms. The van der Waals surface area contributed by atoms with Gasteiger partial charge in [-0.2, -0.15) is 0 Å². The third kappa shape index (κ3) is 9.54. The molecule has 0 aliphatic rings. The molecule has 0 rings (SSSR count). The zero-order chi connectivity index (χ0) is 15.3. The van der Waals surface area contributed by atoms with E-state index in [0.717, 1.165) is 0 Å². The van der Waals surface area contributed by atoms with Crippen molar-refractivity contribution >= 4 is 119 Å². The summed E-state index contributed by atoms with van der Waals surface area (Å²) in [4.78, 5) is 20.0. The first-order valence-electron chi connectivity index (χ1n) is 4.24. The van der Waals surface area contributed by atoms with Crippen LogP contribution in [0.25, 0.3) is 0 Å². The summed E-state index contributed by atoms with van der Waals surface area (Å²) < 4.78 is -3.97. The van der Waals surface area contributed by atoms with Crippen LogP contribution in [0.3, 0.4) is 0 Å². The molecular weight excluding hydrogens is 413 g/mol. The number of aliphatic carboxylic acids is 2. The van der Waals surface area contributed by atoms with Crippen LogP contribution < -0.4 is 10.2 Å². The maximum Gasteiger partial charge on any atom is 2.00 e. The van der Waals surface area contributed by atoms with Gasteiger partial charge in [-0.15, -0.1) is 23.2 Å². The summed E-state index contributed by atoms with van der Waals surface area (Å²) in [6, 6.07) is 0. The van der Waals surface area contributed by atoms with Crippen molar-refractivity contribution < 1.29 is 19.8 Å². The second-order valence-corrected chi connectivity index (χ2v) is 7.13. The van der Waals surface area contributed by atoms with Crippen LogP contribution in [0.1, 0.15) is 13.8 Å². The maximum atomic E-state index is 10.0. The van der Waals surface area contributed by atoms with E-state index in [2.05, 4.69) is 0 Å². The summed E-state index contributed by atoms with van der Waals surface area (Å²) in [5.41, 5.74) is 0. The summed E-state index contributed by atoms with van der Waals surface area (Å²) in [5, 5.41) is 18.3. The zero-order valence-corrected chi connectivity index (χ0v) is 16.5. The molecule has 0 saturated heterocycles. The number of hydrogen-bond acceptors (Lipinski definition) is 4. The fourth-order valence-corrected chi connectivity index (χ4v) is 0.503. The maximum absolute atomic E-state index is 10.0. The Labute approximate surface area is 170 Å². The Kier molecular flexibility index (Phi) is 14.5. The van der Waals surface area contributed by atoms with E-state index in [1.54, 1.807) is 0 Å². The second-order valence-electron chi connectivity index (χ2n) is 3.05. The molecule has 11 heteroatoms. The van der Waals surface area contributed by atoms with Crippen molar-refractivity contribution in [2.75, 3.05) is 0 Å². The van der Waals surface area contributed by atoms with Crippen LogP contribution in [-0.4, -0.2) is 69.1 Å². The molecule has 2 unspecified atom stereocenters.